The molecule has 1 aliphatic heterocycles. The van der Waals surface area contributed by atoms with Crippen LogP contribution in [-0.2, 0) is 17.8 Å². The van der Waals surface area contributed by atoms with E-state index in [0.717, 1.165) is 42.7 Å². The molecule has 0 saturated carbocycles. The monoisotopic (exact) mass is 436 g/mol. The highest BCUT2D eigenvalue weighted by molar-refractivity contribution is 6.20. The predicted octanol–water partition coefficient (Wildman–Crippen LogP) is 6.73. The second kappa shape index (κ2) is 10.7. The summed E-state index contributed by atoms with van der Waals surface area (Å²) in [4.78, 5) is 0. The van der Waals surface area contributed by atoms with E-state index in [1.165, 1.54) is 11.1 Å². The highest BCUT2D eigenvalue weighted by atomic mass is 35.5. The van der Waals surface area contributed by atoms with Crippen molar-refractivity contribution in [1.82, 2.24) is 0 Å². The van der Waals surface area contributed by atoms with E-state index in [9.17, 15) is 0 Å². The van der Waals surface area contributed by atoms with Crippen LogP contribution in [0.1, 0.15) is 42.1 Å². The summed E-state index contributed by atoms with van der Waals surface area (Å²) in [6.45, 7) is 0.583. The largest absolute Gasteiger partial charge is 0.497 e. The standard InChI is InChI=1S/C27H29ClO3/c1-29-24-15-10-22(11-16-24)27-18-23(28)17-26(31-27)14-9-20-7-12-25(13-8-20)30-19-21-5-3-2-4-6-21/h2-8,10-13,15-16,23,26-27H,9,14,17-19H2,1H3/t23-,26+,27+/m1/s1. The van der Waals surface area contributed by atoms with Gasteiger partial charge < -0.3 is 14.2 Å². The third-order valence-electron chi connectivity index (χ3n) is 5.76. The molecule has 0 aromatic heterocycles. The van der Waals surface area contributed by atoms with E-state index in [1.807, 2.05) is 42.5 Å². The molecule has 0 unspecified atom stereocenters. The Balaban J connectivity index is 1.28. The number of ether oxygens (including phenoxy) is 3. The van der Waals surface area contributed by atoms with Gasteiger partial charge >= 0.3 is 0 Å². The number of halogens is 1. The number of hydrogen-bond acceptors (Lipinski definition) is 3. The Morgan fingerprint density at radius 2 is 1.55 bits per heavy atom. The van der Waals surface area contributed by atoms with Gasteiger partial charge in [-0.2, -0.15) is 0 Å². The van der Waals surface area contributed by atoms with E-state index in [1.54, 1.807) is 7.11 Å². The zero-order valence-corrected chi connectivity index (χ0v) is 18.6. The van der Waals surface area contributed by atoms with Crippen molar-refractivity contribution in [3.8, 4) is 11.5 Å². The molecule has 1 heterocycles. The van der Waals surface area contributed by atoms with Crippen molar-refractivity contribution < 1.29 is 14.2 Å². The van der Waals surface area contributed by atoms with Crippen molar-refractivity contribution in [2.45, 2.75) is 49.9 Å². The van der Waals surface area contributed by atoms with E-state index >= 15 is 0 Å². The van der Waals surface area contributed by atoms with Crippen LogP contribution in [0.15, 0.2) is 78.9 Å². The minimum absolute atomic E-state index is 0.0425. The Hall–Kier alpha value is -2.49. The minimum atomic E-state index is 0.0425. The van der Waals surface area contributed by atoms with Gasteiger partial charge in [-0.05, 0) is 66.6 Å². The summed E-state index contributed by atoms with van der Waals surface area (Å²) in [5.41, 5.74) is 3.62. The Bertz CT molecular complexity index is 925. The quantitative estimate of drug-likeness (QED) is 0.366. The molecule has 3 nitrogen and oxygen atoms in total. The number of alkyl halides is 1. The Labute approximate surface area is 189 Å². The fourth-order valence-electron chi connectivity index (χ4n) is 4.00. The second-order valence-corrected chi connectivity index (χ2v) is 8.66. The molecule has 4 heteroatoms. The summed E-state index contributed by atoms with van der Waals surface area (Å²) in [7, 11) is 1.68. The highest BCUT2D eigenvalue weighted by Crippen LogP contribution is 2.36. The van der Waals surface area contributed by atoms with Gasteiger partial charge in [-0.15, -0.1) is 11.6 Å². The van der Waals surface area contributed by atoms with Crippen LogP contribution >= 0.6 is 11.6 Å². The van der Waals surface area contributed by atoms with Crippen LogP contribution in [0.2, 0.25) is 0 Å². The molecule has 0 spiro atoms. The number of rotatable bonds is 8. The van der Waals surface area contributed by atoms with Crippen molar-refractivity contribution >= 4 is 11.6 Å². The molecule has 0 aliphatic carbocycles. The fourth-order valence-corrected chi connectivity index (χ4v) is 4.36. The molecular weight excluding hydrogens is 408 g/mol. The first-order valence-corrected chi connectivity index (χ1v) is 11.3. The van der Waals surface area contributed by atoms with Crippen LogP contribution in [-0.4, -0.2) is 18.6 Å². The molecule has 162 valence electrons. The van der Waals surface area contributed by atoms with Crippen LogP contribution < -0.4 is 9.47 Å². The summed E-state index contributed by atoms with van der Waals surface area (Å²) in [5, 5.41) is 0.139. The topological polar surface area (TPSA) is 27.7 Å². The maximum Gasteiger partial charge on any atom is 0.119 e. The first kappa shape index (κ1) is 21.7. The summed E-state index contributed by atoms with van der Waals surface area (Å²) in [6.07, 6.45) is 3.87. The first-order chi connectivity index (χ1) is 15.2. The minimum Gasteiger partial charge on any atom is -0.497 e. The predicted molar refractivity (Wildman–Crippen MR) is 125 cm³/mol. The van der Waals surface area contributed by atoms with E-state index in [0.29, 0.717) is 6.61 Å². The molecule has 31 heavy (non-hydrogen) atoms. The lowest BCUT2D eigenvalue weighted by Gasteiger charge is -2.33. The van der Waals surface area contributed by atoms with Gasteiger partial charge in [0.25, 0.3) is 0 Å². The average molecular weight is 437 g/mol. The molecule has 1 saturated heterocycles. The van der Waals surface area contributed by atoms with Crippen molar-refractivity contribution in [2.75, 3.05) is 7.11 Å². The van der Waals surface area contributed by atoms with E-state index in [4.69, 9.17) is 25.8 Å². The first-order valence-electron chi connectivity index (χ1n) is 10.9. The molecule has 0 bridgehead atoms. The Morgan fingerprint density at radius 1 is 0.839 bits per heavy atom. The van der Waals surface area contributed by atoms with Crippen LogP contribution in [0.5, 0.6) is 11.5 Å². The van der Waals surface area contributed by atoms with Gasteiger partial charge in [-0.25, -0.2) is 0 Å². The van der Waals surface area contributed by atoms with E-state index in [2.05, 4.69) is 36.4 Å². The number of aryl methyl sites for hydroxylation is 1. The normalized spacial score (nSPS) is 20.9. The molecule has 0 N–H and O–H groups in total. The van der Waals surface area contributed by atoms with Crippen molar-refractivity contribution in [3.05, 3.63) is 95.6 Å². The van der Waals surface area contributed by atoms with Crippen molar-refractivity contribution in [3.63, 3.8) is 0 Å². The second-order valence-electron chi connectivity index (χ2n) is 8.05. The molecular formula is C27H29ClO3. The zero-order chi connectivity index (χ0) is 21.5. The maximum absolute atomic E-state index is 6.58. The lowest BCUT2D eigenvalue weighted by Crippen LogP contribution is -2.29. The number of methoxy groups -OCH3 is 1. The zero-order valence-electron chi connectivity index (χ0n) is 17.9. The Morgan fingerprint density at radius 3 is 2.26 bits per heavy atom. The van der Waals surface area contributed by atoms with E-state index < -0.39 is 0 Å². The lowest BCUT2D eigenvalue weighted by molar-refractivity contribution is -0.0528. The van der Waals surface area contributed by atoms with Gasteiger partial charge in [0.15, 0.2) is 0 Å². The molecule has 3 atom stereocenters. The summed E-state index contributed by atoms with van der Waals surface area (Å²) >= 11 is 6.58. The van der Waals surface area contributed by atoms with Gasteiger partial charge in [-0.1, -0.05) is 54.6 Å². The molecule has 1 fully saturated rings. The summed E-state index contributed by atoms with van der Waals surface area (Å²) in [6, 6.07) is 26.7. The number of hydrogen-bond donors (Lipinski definition) is 0. The third-order valence-corrected chi connectivity index (χ3v) is 6.12. The van der Waals surface area contributed by atoms with Crippen LogP contribution in [0, 0.1) is 0 Å². The van der Waals surface area contributed by atoms with Crippen LogP contribution in [0.3, 0.4) is 0 Å². The maximum atomic E-state index is 6.58. The smallest absolute Gasteiger partial charge is 0.119 e. The fraction of sp³-hybridized carbons (Fsp3) is 0.333. The Kier molecular flexibility index (Phi) is 7.50. The van der Waals surface area contributed by atoms with Crippen LogP contribution in [0.4, 0.5) is 0 Å². The van der Waals surface area contributed by atoms with Crippen molar-refractivity contribution in [2.24, 2.45) is 0 Å². The molecule has 0 radical (unpaired) electrons. The van der Waals surface area contributed by atoms with Gasteiger partial charge in [0.05, 0.1) is 19.3 Å². The molecule has 3 aromatic rings. The molecule has 1 aliphatic rings. The molecule has 3 aromatic carbocycles. The van der Waals surface area contributed by atoms with E-state index in [-0.39, 0.29) is 17.6 Å². The van der Waals surface area contributed by atoms with Crippen molar-refractivity contribution in [1.29, 1.82) is 0 Å². The average Bonchev–Trinajstić information content (AvgIpc) is 2.82. The van der Waals surface area contributed by atoms with Gasteiger partial charge in [0.1, 0.15) is 18.1 Å². The van der Waals surface area contributed by atoms with Gasteiger partial charge in [0.2, 0.25) is 0 Å². The van der Waals surface area contributed by atoms with Gasteiger partial charge in [0, 0.05) is 5.38 Å². The SMILES string of the molecule is COc1ccc([C@@H]2C[C@H](Cl)C[C@H](CCc3ccc(OCc4ccccc4)cc3)O2)cc1. The molecule has 0 amide bonds. The van der Waals surface area contributed by atoms with Gasteiger partial charge in [-0.3, -0.25) is 0 Å². The van der Waals surface area contributed by atoms with Crippen LogP contribution in [0.25, 0.3) is 0 Å². The number of benzene rings is 3. The summed E-state index contributed by atoms with van der Waals surface area (Å²) < 4.78 is 17.5. The molecule has 4 rings (SSSR count). The third kappa shape index (κ3) is 6.25. The highest BCUT2D eigenvalue weighted by Gasteiger charge is 2.29. The lowest BCUT2D eigenvalue weighted by atomic mass is 9.95. The summed E-state index contributed by atoms with van der Waals surface area (Å²) in [5.74, 6) is 1.75.